The van der Waals surface area contributed by atoms with Gasteiger partial charge >= 0.3 is 0 Å². The van der Waals surface area contributed by atoms with E-state index in [9.17, 15) is 9.59 Å². The molecule has 0 radical (unpaired) electrons. The second kappa shape index (κ2) is 5.83. The van der Waals surface area contributed by atoms with Crippen LogP contribution in [0.3, 0.4) is 0 Å². The van der Waals surface area contributed by atoms with Gasteiger partial charge in [0.25, 0.3) is 0 Å². The molecule has 0 atom stereocenters. The van der Waals surface area contributed by atoms with Crippen LogP contribution in [0, 0.1) is 20.8 Å². The number of benzene rings is 2. The maximum atomic E-state index is 12.4. The van der Waals surface area contributed by atoms with E-state index < -0.39 is 0 Å². The minimum Gasteiger partial charge on any atom is -0.294 e. The standard InChI is InChI=1S/C18H18O2/c1-12-9-13(2)18(14(3)10-12)17(20)11-16(19)15-7-5-4-6-8-15/h4-10H,11H2,1-3H3. The van der Waals surface area contributed by atoms with Gasteiger partial charge in [-0.3, -0.25) is 9.59 Å². The Bertz CT molecular complexity index is 631. The lowest BCUT2D eigenvalue weighted by molar-refractivity contribution is 0.0893. The molecule has 0 saturated heterocycles. The van der Waals surface area contributed by atoms with Gasteiger partial charge in [0, 0.05) is 11.1 Å². The van der Waals surface area contributed by atoms with Crippen LogP contribution in [-0.4, -0.2) is 11.6 Å². The molecule has 102 valence electrons. The number of carbonyl (C=O) groups excluding carboxylic acids is 2. The van der Waals surface area contributed by atoms with Gasteiger partial charge in [-0.25, -0.2) is 0 Å². The predicted molar refractivity (Wildman–Crippen MR) is 80.4 cm³/mol. The molecule has 0 aliphatic heterocycles. The van der Waals surface area contributed by atoms with Crippen molar-refractivity contribution >= 4 is 11.6 Å². The average molecular weight is 266 g/mol. The van der Waals surface area contributed by atoms with E-state index in [2.05, 4.69) is 0 Å². The fraction of sp³-hybridized carbons (Fsp3) is 0.222. The lowest BCUT2D eigenvalue weighted by atomic mass is 9.93. The zero-order valence-electron chi connectivity index (χ0n) is 12.1. The third-order valence-electron chi connectivity index (χ3n) is 3.37. The molecule has 0 amide bonds. The lowest BCUT2D eigenvalue weighted by Crippen LogP contribution is -2.11. The second-order valence-electron chi connectivity index (χ2n) is 5.16. The zero-order valence-corrected chi connectivity index (χ0v) is 12.1. The third kappa shape index (κ3) is 3.02. The van der Waals surface area contributed by atoms with Crippen LogP contribution >= 0.6 is 0 Å². The van der Waals surface area contributed by atoms with E-state index in [1.807, 2.05) is 39.0 Å². The molecule has 0 unspecified atom stereocenters. The highest BCUT2D eigenvalue weighted by Gasteiger charge is 2.17. The fourth-order valence-corrected chi connectivity index (χ4v) is 2.58. The Morgan fingerprint density at radius 3 is 1.95 bits per heavy atom. The maximum absolute atomic E-state index is 12.4. The van der Waals surface area contributed by atoms with Crippen molar-refractivity contribution in [2.45, 2.75) is 27.2 Å². The minimum atomic E-state index is -0.130. The second-order valence-corrected chi connectivity index (χ2v) is 5.16. The quantitative estimate of drug-likeness (QED) is 0.617. The molecule has 20 heavy (non-hydrogen) atoms. The normalized spacial score (nSPS) is 10.3. The molecule has 0 heterocycles. The molecule has 2 heteroatoms. The summed E-state index contributed by atoms with van der Waals surface area (Å²) in [6.07, 6.45) is -0.0746. The number of carbonyl (C=O) groups is 2. The predicted octanol–water partition coefficient (Wildman–Crippen LogP) is 4.07. The van der Waals surface area contributed by atoms with Crippen LogP contribution in [0.4, 0.5) is 0 Å². The van der Waals surface area contributed by atoms with E-state index in [0.29, 0.717) is 11.1 Å². The Morgan fingerprint density at radius 1 is 0.850 bits per heavy atom. The molecule has 2 nitrogen and oxygen atoms in total. The lowest BCUT2D eigenvalue weighted by Gasteiger charge is -2.10. The van der Waals surface area contributed by atoms with Crippen molar-refractivity contribution in [3.8, 4) is 0 Å². The van der Waals surface area contributed by atoms with E-state index in [1.54, 1.807) is 24.3 Å². The first-order valence-corrected chi connectivity index (χ1v) is 6.68. The Kier molecular flexibility index (Phi) is 4.14. The van der Waals surface area contributed by atoms with Crippen LogP contribution in [0.5, 0.6) is 0 Å². The Morgan fingerprint density at radius 2 is 1.40 bits per heavy atom. The number of rotatable bonds is 4. The van der Waals surface area contributed by atoms with Crippen molar-refractivity contribution in [1.29, 1.82) is 0 Å². The van der Waals surface area contributed by atoms with Crippen LogP contribution in [0.25, 0.3) is 0 Å². The van der Waals surface area contributed by atoms with Crippen LogP contribution in [0.15, 0.2) is 42.5 Å². The van der Waals surface area contributed by atoms with Gasteiger partial charge in [-0.05, 0) is 31.9 Å². The number of Topliss-reactive ketones (excluding diaryl/α,β-unsaturated/α-hetero) is 2. The summed E-state index contributed by atoms with van der Waals surface area (Å²) >= 11 is 0. The first-order chi connectivity index (χ1) is 9.49. The van der Waals surface area contributed by atoms with Crippen molar-refractivity contribution in [2.75, 3.05) is 0 Å². The van der Waals surface area contributed by atoms with Gasteiger partial charge in [-0.2, -0.15) is 0 Å². The Hall–Kier alpha value is -2.22. The molecule has 0 aliphatic rings. The highest BCUT2D eigenvalue weighted by molar-refractivity contribution is 6.14. The summed E-state index contributed by atoms with van der Waals surface area (Å²) in [7, 11) is 0. The smallest absolute Gasteiger partial charge is 0.171 e. The molecule has 0 aromatic heterocycles. The molecule has 2 aromatic carbocycles. The van der Waals surface area contributed by atoms with Crippen molar-refractivity contribution in [2.24, 2.45) is 0 Å². The summed E-state index contributed by atoms with van der Waals surface area (Å²) in [6, 6.07) is 12.9. The highest BCUT2D eigenvalue weighted by Crippen LogP contribution is 2.19. The first kappa shape index (κ1) is 14.2. The molecule has 0 bridgehead atoms. The van der Waals surface area contributed by atoms with Crippen molar-refractivity contribution in [3.63, 3.8) is 0 Å². The van der Waals surface area contributed by atoms with Gasteiger partial charge in [0.1, 0.15) is 0 Å². The van der Waals surface area contributed by atoms with E-state index in [-0.39, 0.29) is 18.0 Å². The summed E-state index contributed by atoms with van der Waals surface area (Å²) in [6.45, 7) is 5.84. The molecule has 0 fully saturated rings. The molecular formula is C18H18O2. The first-order valence-electron chi connectivity index (χ1n) is 6.68. The van der Waals surface area contributed by atoms with Crippen LogP contribution < -0.4 is 0 Å². The van der Waals surface area contributed by atoms with Crippen LogP contribution in [0.1, 0.15) is 43.8 Å². The number of hydrogen-bond acceptors (Lipinski definition) is 2. The van der Waals surface area contributed by atoms with Crippen LogP contribution in [0.2, 0.25) is 0 Å². The Balaban J connectivity index is 2.24. The van der Waals surface area contributed by atoms with Crippen molar-refractivity contribution in [1.82, 2.24) is 0 Å². The largest absolute Gasteiger partial charge is 0.294 e. The highest BCUT2D eigenvalue weighted by atomic mass is 16.1. The van der Waals surface area contributed by atoms with Gasteiger partial charge in [0.2, 0.25) is 0 Å². The fourth-order valence-electron chi connectivity index (χ4n) is 2.58. The van der Waals surface area contributed by atoms with E-state index in [1.165, 1.54) is 0 Å². The van der Waals surface area contributed by atoms with E-state index in [4.69, 9.17) is 0 Å². The number of hydrogen-bond donors (Lipinski definition) is 0. The molecule has 0 aliphatic carbocycles. The maximum Gasteiger partial charge on any atom is 0.171 e. The molecule has 2 rings (SSSR count). The molecule has 2 aromatic rings. The zero-order chi connectivity index (χ0) is 14.7. The molecule has 0 N–H and O–H groups in total. The number of ketones is 2. The van der Waals surface area contributed by atoms with Gasteiger partial charge < -0.3 is 0 Å². The topological polar surface area (TPSA) is 34.1 Å². The van der Waals surface area contributed by atoms with Gasteiger partial charge in [0.15, 0.2) is 11.6 Å². The average Bonchev–Trinajstić information content (AvgIpc) is 2.38. The van der Waals surface area contributed by atoms with Gasteiger partial charge in [-0.1, -0.05) is 48.0 Å². The Labute approximate surface area is 119 Å². The van der Waals surface area contributed by atoms with Crippen molar-refractivity contribution < 1.29 is 9.59 Å². The monoisotopic (exact) mass is 266 g/mol. The summed E-state index contributed by atoms with van der Waals surface area (Å²) in [5.41, 5.74) is 4.27. The van der Waals surface area contributed by atoms with E-state index in [0.717, 1.165) is 16.7 Å². The molecule has 0 saturated carbocycles. The summed E-state index contributed by atoms with van der Waals surface area (Å²) in [5, 5.41) is 0. The SMILES string of the molecule is Cc1cc(C)c(C(=O)CC(=O)c2ccccc2)c(C)c1. The summed E-state index contributed by atoms with van der Waals surface area (Å²) in [4.78, 5) is 24.5. The summed E-state index contributed by atoms with van der Waals surface area (Å²) < 4.78 is 0. The third-order valence-corrected chi connectivity index (χ3v) is 3.37. The van der Waals surface area contributed by atoms with Crippen molar-refractivity contribution in [3.05, 3.63) is 70.3 Å². The van der Waals surface area contributed by atoms with E-state index >= 15 is 0 Å². The minimum absolute atomic E-state index is 0.0746. The molecule has 0 spiro atoms. The molecular weight excluding hydrogens is 248 g/mol. The van der Waals surface area contributed by atoms with Crippen LogP contribution in [-0.2, 0) is 0 Å². The number of aryl methyl sites for hydroxylation is 3. The van der Waals surface area contributed by atoms with Gasteiger partial charge in [-0.15, -0.1) is 0 Å². The van der Waals surface area contributed by atoms with Gasteiger partial charge in [0.05, 0.1) is 6.42 Å². The summed E-state index contributed by atoms with van der Waals surface area (Å²) in [5.74, 6) is -0.233.